The lowest BCUT2D eigenvalue weighted by Gasteiger charge is -2.28. The molecule has 0 saturated heterocycles. The molecule has 0 atom stereocenters. The van der Waals surface area contributed by atoms with Crippen molar-refractivity contribution in [1.82, 2.24) is 19.9 Å². The Bertz CT molecular complexity index is 1040. The highest BCUT2D eigenvalue weighted by Crippen LogP contribution is 2.33. The van der Waals surface area contributed by atoms with E-state index in [0.717, 1.165) is 56.0 Å². The molecule has 138 valence electrons. The maximum atomic E-state index is 13.5. The van der Waals surface area contributed by atoms with Crippen LogP contribution in [0.15, 0.2) is 36.7 Å². The number of hydrogen-bond acceptors (Lipinski definition) is 4. The number of aromatic nitrogens is 3. The first-order valence-electron chi connectivity index (χ1n) is 9.42. The second kappa shape index (κ2) is 6.46. The molecular weight excluding hydrogens is 341 g/mol. The molecule has 0 radical (unpaired) electrons. The van der Waals surface area contributed by atoms with E-state index in [2.05, 4.69) is 37.9 Å². The van der Waals surface area contributed by atoms with Crippen LogP contribution in [0.2, 0.25) is 0 Å². The average molecular weight is 363 g/mol. The van der Waals surface area contributed by atoms with Crippen molar-refractivity contribution in [2.45, 2.75) is 19.4 Å². The van der Waals surface area contributed by atoms with Gasteiger partial charge in [-0.25, -0.2) is 14.4 Å². The summed E-state index contributed by atoms with van der Waals surface area (Å²) in [6.45, 7) is 3.61. The van der Waals surface area contributed by atoms with E-state index in [0.29, 0.717) is 0 Å². The Balaban J connectivity index is 1.50. The summed E-state index contributed by atoms with van der Waals surface area (Å²) in [7, 11) is 2.15. The van der Waals surface area contributed by atoms with Gasteiger partial charge in [-0.3, -0.25) is 0 Å². The first-order valence-corrected chi connectivity index (χ1v) is 9.42. The standard InChI is InChI=1S/C21H22FN5/c1-26-8-7-18-17(12-26)19-20(23-13-24-21(19)25-18)14-5-9-27(10-6-14)16-4-2-3-15(22)11-16/h2-5,11,13H,6-10,12H2,1H3,(H,23,24,25). The minimum Gasteiger partial charge on any atom is -0.367 e. The van der Waals surface area contributed by atoms with Crippen molar-refractivity contribution in [1.29, 1.82) is 0 Å². The van der Waals surface area contributed by atoms with Crippen LogP contribution >= 0.6 is 0 Å². The topological polar surface area (TPSA) is 48.1 Å². The van der Waals surface area contributed by atoms with Gasteiger partial charge >= 0.3 is 0 Å². The number of nitrogens with one attached hydrogen (secondary N) is 1. The van der Waals surface area contributed by atoms with Gasteiger partial charge in [-0.2, -0.15) is 0 Å². The van der Waals surface area contributed by atoms with Gasteiger partial charge in [0.1, 0.15) is 17.8 Å². The fraction of sp³-hybridized carbons (Fsp3) is 0.333. The molecule has 6 heteroatoms. The number of aromatic amines is 1. The third kappa shape index (κ3) is 2.90. The predicted octanol–water partition coefficient (Wildman–Crippen LogP) is 3.38. The highest BCUT2D eigenvalue weighted by atomic mass is 19.1. The fourth-order valence-corrected chi connectivity index (χ4v) is 4.21. The molecule has 2 aliphatic heterocycles. The number of H-pyrrole nitrogens is 1. The lowest BCUT2D eigenvalue weighted by atomic mass is 9.98. The zero-order chi connectivity index (χ0) is 18.4. The Kier molecular flexibility index (Phi) is 3.93. The van der Waals surface area contributed by atoms with Crippen LogP contribution in [0.1, 0.15) is 23.4 Å². The second-order valence-electron chi connectivity index (χ2n) is 7.42. The Labute approximate surface area is 157 Å². The zero-order valence-electron chi connectivity index (χ0n) is 15.4. The Hall–Kier alpha value is -2.73. The molecule has 0 bridgehead atoms. The van der Waals surface area contributed by atoms with E-state index in [1.165, 1.54) is 28.3 Å². The number of fused-ring (bicyclic) bond motifs is 3. The molecule has 5 nitrogen and oxygen atoms in total. The Morgan fingerprint density at radius 2 is 2.07 bits per heavy atom. The molecular formula is C21H22FN5. The molecule has 4 heterocycles. The number of rotatable bonds is 2. The third-order valence-electron chi connectivity index (χ3n) is 5.64. The minimum absolute atomic E-state index is 0.192. The number of halogens is 1. The quantitative estimate of drug-likeness (QED) is 0.758. The highest BCUT2D eigenvalue weighted by Gasteiger charge is 2.24. The summed E-state index contributed by atoms with van der Waals surface area (Å²) >= 11 is 0. The highest BCUT2D eigenvalue weighted by molar-refractivity contribution is 5.92. The largest absolute Gasteiger partial charge is 0.367 e. The van der Waals surface area contributed by atoms with Gasteiger partial charge in [-0.05, 0) is 42.8 Å². The molecule has 0 aliphatic carbocycles. The van der Waals surface area contributed by atoms with Crippen molar-refractivity contribution < 1.29 is 4.39 Å². The number of benzene rings is 1. The molecule has 0 fully saturated rings. The van der Waals surface area contributed by atoms with Crippen LogP contribution in [0.4, 0.5) is 10.1 Å². The lowest BCUT2D eigenvalue weighted by molar-refractivity contribution is 0.313. The minimum atomic E-state index is -0.192. The van der Waals surface area contributed by atoms with Crippen LogP contribution in [0.25, 0.3) is 16.6 Å². The molecule has 1 aromatic carbocycles. The molecule has 2 aromatic heterocycles. The van der Waals surface area contributed by atoms with Gasteiger partial charge in [0.2, 0.25) is 0 Å². The van der Waals surface area contributed by atoms with Gasteiger partial charge in [0.05, 0.1) is 5.69 Å². The number of hydrogen-bond donors (Lipinski definition) is 1. The summed E-state index contributed by atoms with van der Waals surface area (Å²) in [6, 6.07) is 6.81. The van der Waals surface area contributed by atoms with Crippen LogP contribution in [0.5, 0.6) is 0 Å². The van der Waals surface area contributed by atoms with Gasteiger partial charge < -0.3 is 14.8 Å². The van der Waals surface area contributed by atoms with E-state index in [-0.39, 0.29) is 5.82 Å². The normalized spacial score (nSPS) is 17.9. The van der Waals surface area contributed by atoms with E-state index in [4.69, 9.17) is 0 Å². The molecule has 1 N–H and O–H groups in total. The van der Waals surface area contributed by atoms with Crippen LogP contribution < -0.4 is 4.90 Å². The first kappa shape index (κ1) is 16.4. The van der Waals surface area contributed by atoms with E-state index in [1.807, 2.05) is 6.07 Å². The molecule has 5 rings (SSSR count). The molecule has 0 spiro atoms. The molecule has 27 heavy (non-hydrogen) atoms. The van der Waals surface area contributed by atoms with E-state index >= 15 is 0 Å². The third-order valence-corrected chi connectivity index (χ3v) is 5.64. The van der Waals surface area contributed by atoms with Crippen molar-refractivity contribution in [2.24, 2.45) is 0 Å². The fourth-order valence-electron chi connectivity index (χ4n) is 4.21. The van der Waals surface area contributed by atoms with Crippen LogP contribution in [-0.4, -0.2) is 46.5 Å². The molecule has 0 amide bonds. The summed E-state index contributed by atoms with van der Waals surface area (Å²) in [6.07, 6.45) is 5.79. The van der Waals surface area contributed by atoms with Crippen molar-refractivity contribution in [3.63, 3.8) is 0 Å². The van der Waals surface area contributed by atoms with Crippen LogP contribution in [-0.2, 0) is 13.0 Å². The number of anilines is 1. The van der Waals surface area contributed by atoms with Gasteiger partial charge in [0.25, 0.3) is 0 Å². The summed E-state index contributed by atoms with van der Waals surface area (Å²) in [5.41, 5.74) is 6.80. The second-order valence-corrected chi connectivity index (χ2v) is 7.42. The van der Waals surface area contributed by atoms with Gasteiger partial charge in [-0.15, -0.1) is 0 Å². The summed E-state index contributed by atoms with van der Waals surface area (Å²) in [5, 5.41) is 1.17. The maximum absolute atomic E-state index is 13.5. The van der Waals surface area contributed by atoms with Crippen LogP contribution in [0, 0.1) is 5.82 Å². The molecule has 2 aliphatic rings. The smallest absolute Gasteiger partial charge is 0.141 e. The van der Waals surface area contributed by atoms with Crippen molar-refractivity contribution in [2.75, 3.05) is 31.6 Å². The van der Waals surface area contributed by atoms with E-state index < -0.39 is 0 Å². The number of likely N-dealkylation sites (N-methyl/N-ethyl adjacent to an activating group) is 1. The summed E-state index contributed by atoms with van der Waals surface area (Å²) in [5.74, 6) is -0.192. The SMILES string of the molecule is CN1CCc2[nH]c3ncnc(C4=CCN(c5cccc(F)c5)CC4)c3c2C1. The van der Waals surface area contributed by atoms with Gasteiger partial charge in [0, 0.05) is 49.4 Å². The molecule has 0 unspecified atom stereocenters. The Morgan fingerprint density at radius 3 is 2.89 bits per heavy atom. The van der Waals surface area contributed by atoms with Gasteiger partial charge in [0.15, 0.2) is 0 Å². The van der Waals surface area contributed by atoms with Gasteiger partial charge in [-0.1, -0.05) is 12.1 Å². The van der Waals surface area contributed by atoms with Crippen molar-refractivity contribution >= 4 is 22.3 Å². The molecule has 0 saturated carbocycles. The van der Waals surface area contributed by atoms with E-state index in [9.17, 15) is 4.39 Å². The maximum Gasteiger partial charge on any atom is 0.141 e. The van der Waals surface area contributed by atoms with Crippen molar-refractivity contribution in [3.05, 3.63) is 59.4 Å². The average Bonchev–Trinajstić information content (AvgIpc) is 3.06. The van der Waals surface area contributed by atoms with Crippen LogP contribution in [0.3, 0.4) is 0 Å². The summed E-state index contributed by atoms with van der Waals surface area (Å²) in [4.78, 5) is 17.2. The summed E-state index contributed by atoms with van der Waals surface area (Å²) < 4.78 is 13.5. The lowest BCUT2D eigenvalue weighted by Crippen LogP contribution is -2.28. The first-order chi connectivity index (χ1) is 13.2. The monoisotopic (exact) mass is 363 g/mol. The number of nitrogens with zero attached hydrogens (tertiary/aromatic N) is 4. The van der Waals surface area contributed by atoms with E-state index in [1.54, 1.807) is 18.5 Å². The van der Waals surface area contributed by atoms with Crippen molar-refractivity contribution in [3.8, 4) is 0 Å². The molecule has 3 aromatic rings. The predicted molar refractivity (Wildman–Crippen MR) is 105 cm³/mol. The Morgan fingerprint density at radius 1 is 1.15 bits per heavy atom. The zero-order valence-corrected chi connectivity index (χ0v) is 15.4.